The summed E-state index contributed by atoms with van der Waals surface area (Å²) in [5, 5.41) is 0.762. The van der Waals surface area contributed by atoms with E-state index in [-0.39, 0.29) is 5.69 Å². The van der Waals surface area contributed by atoms with Gasteiger partial charge >= 0.3 is 11.7 Å². The van der Waals surface area contributed by atoms with E-state index in [0.717, 1.165) is 5.56 Å². The third-order valence-corrected chi connectivity index (χ3v) is 4.97. The molecule has 0 aliphatic rings. The summed E-state index contributed by atoms with van der Waals surface area (Å²) >= 11 is 12.2. The van der Waals surface area contributed by atoms with Crippen LogP contribution >= 0.6 is 23.2 Å². The first-order valence-corrected chi connectivity index (χ1v) is 8.58. The molecular weight excluding hydrogens is 377 g/mol. The van der Waals surface area contributed by atoms with Crippen molar-refractivity contribution in [1.29, 1.82) is 0 Å². The summed E-state index contributed by atoms with van der Waals surface area (Å²) in [6.07, 6.45) is 0.346. The number of nitrogens with two attached hydrogens (primary N) is 1. The fourth-order valence-electron chi connectivity index (χ4n) is 2.85. The predicted octanol–water partition coefficient (Wildman–Crippen LogP) is 2.68. The Morgan fingerprint density at radius 2 is 1.73 bits per heavy atom. The van der Waals surface area contributed by atoms with Crippen LogP contribution in [0.4, 0.5) is 0 Å². The lowest BCUT2D eigenvalue weighted by Gasteiger charge is -2.10. The van der Waals surface area contributed by atoms with Crippen LogP contribution in [0.5, 0.6) is 0 Å². The number of halogens is 2. The Morgan fingerprint density at radius 3 is 2.31 bits per heavy atom. The van der Waals surface area contributed by atoms with Crippen molar-refractivity contribution >= 4 is 40.2 Å². The SMILES string of the molecule is COC(=O)C(N)Cc1ccc(-n2c(=O)n(C)c3cc(Cl)c(Cl)cc32)cc1. The Kier molecular flexibility index (Phi) is 5.09. The highest BCUT2D eigenvalue weighted by atomic mass is 35.5. The fourth-order valence-corrected chi connectivity index (χ4v) is 3.16. The summed E-state index contributed by atoms with van der Waals surface area (Å²) in [5.74, 6) is -0.467. The summed E-state index contributed by atoms with van der Waals surface area (Å²) in [5.41, 5.74) is 8.45. The van der Waals surface area contributed by atoms with E-state index in [1.165, 1.54) is 11.7 Å². The van der Waals surface area contributed by atoms with Gasteiger partial charge in [0, 0.05) is 7.05 Å². The largest absolute Gasteiger partial charge is 0.468 e. The molecule has 2 N–H and O–H groups in total. The Hall–Kier alpha value is -2.28. The first kappa shape index (κ1) is 18.5. The molecule has 0 saturated heterocycles. The Morgan fingerprint density at radius 1 is 1.15 bits per heavy atom. The van der Waals surface area contributed by atoms with Gasteiger partial charge in [0.1, 0.15) is 6.04 Å². The van der Waals surface area contributed by atoms with E-state index in [1.54, 1.807) is 35.9 Å². The molecule has 1 heterocycles. The molecule has 0 bridgehead atoms. The minimum Gasteiger partial charge on any atom is -0.468 e. The number of aromatic nitrogens is 2. The smallest absolute Gasteiger partial charge is 0.333 e. The van der Waals surface area contributed by atoms with Crippen LogP contribution in [0.15, 0.2) is 41.2 Å². The molecule has 2 aromatic carbocycles. The molecule has 8 heteroatoms. The second kappa shape index (κ2) is 7.15. The summed E-state index contributed by atoms with van der Waals surface area (Å²) in [6, 6.07) is 9.84. The first-order chi connectivity index (χ1) is 12.3. The number of hydrogen-bond donors (Lipinski definition) is 1. The van der Waals surface area contributed by atoms with Crippen LogP contribution < -0.4 is 11.4 Å². The zero-order valence-corrected chi connectivity index (χ0v) is 15.7. The number of carbonyl (C=O) groups is 1. The van der Waals surface area contributed by atoms with Crippen LogP contribution in [0.3, 0.4) is 0 Å². The lowest BCUT2D eigenvalue weighted by Crippen LogP contribution is -2.33. The Labute approximate surface area is 159 Å². The van der Waals surface area contributed by atoms with E-state index in [0.29, 0.717) is 33.2 Å². The maximum Gasteiger partial charge on any atom is 0.333 e. The third-order valence-electron chi connectivity index (χ3n) is 4.25. The van der Waals surface area contributed by atoms with Gasteiger partial charge in [0.2, 0.25) is 0 Å². The number of fused-ring (bicyclic) bond motifs is 1. The van der Waals surface area contributed by atoms with Crippen LogP contribution in [0.25, 0.3) is 16.7 Å². The standard InChI is InChI=1S/C18H17Cl2N3O3/c1-22-15-8-12(19)13(20)9-16(15)23(18(22)25)11-5-3-10(4-6-11)7-14(21)17(24)26-2/h3-6,8-9,14H,7,21H2,1-2H3. The summed E-state index contributed by atoms with van der Waals surface area (Å²) in [6.45, 7) is 0. The minimum atomic E-state index is -0.730. The molecular formula is C18H17Cl2N3O3. The van der Waals surface area contributed by atoms with E-state index in [2.05, 4.69) is 4.74 Å². The lowest BCUT2D eigenvalue weighted by atomic mass is 10.1. The van der Waals surface area contributed by atoms with Gasteiger partial charge in [-0.05, 0) is 36.2 Å². The van der Waals surface area contributed by atoms with Gasteiger partial charge in [0.15, 0.2) is 0 Å². The number of ether oxygens (including phenoxy) is 1. The number of benzene rings is 2. The minimum absolute atomic E-state index is 0.211. The van der Waals surface area contributed by atoms with Gasteiger partial charge in [-0.3, -0.25) is 13.9 Å². The average molecular weight is 394 g/mol. The summed E-state index contributed by atoms with van der Waals surface area (Å²) in [7, 11) is 2.98. The van der Waals surface area contributed by atoms with Crippen LogP contribution in [0.2, 0.25) is 10.0 Å². The zero-order valence-electron chi connectivity index (χ0n) is 14.2. The second-order valence-electron chi connectivity index (χ2n) is 5.93. The molecule has 0 amide bonds. The summed E-state index contributed by atoms with van der Waals surface area (Å²) in [4.78, 5) is 24.1. The quantitative estimate of drug-likeness (QED) is 0.691. The number of aryl methyl sites for hydroxylation is 1. The molecule has 1 atom stereocenters. The van der Waals surface area contributed by atoms with Gasteiger partial charge < -0.3 is 10.5 Å². The van der Waals surface area contributed by atoms with Gasteiger partial charge in [0.25, 0.3) is 0 Å². The predicted molar refractivity (Wildman–Crippen MR) is 102 cm³/mol. The van der Waals surface area contributed by atoms with Crippen molar-refractivity contribution in [2.75, 3.05) is 7.11 Å². The van der Waals surface area contributed by atoms with Crippen molar-refractivity contribution < 1.29 is 9.53 Å². The Balaban J connectivity index is 2.02. The van der Waals surface area contributed by atoms with Gasteiger partial charge in [-0.15, -0.1) is 0 Å². The molecule has 0 fully saturated rings. The van der Waals surface area contributed by atoms with Crippen molar-refractivity contribution in [2.45, 2.75) is 12.5 Å². The first-order valence-electron chi connectivity index (χ1n) is 7.82. The van der Waals surface area contributed by atoms with Crippen LogP contribution in [0, 0.1) is 0 Å². The van der Waals surface area contributed by atoms with Crippen LogP contribution in [-0.4, -0.2) is 28.3 Å². The number of imidazole rings is 1. The molecule has 1 aromatic heterocycles. The van der Waals surface area contributed by atoms with E-state index in [9.17, 15) is 9.59 Å². The van der Waals surface area contributed by atoms with Gasteiger partial charge in [0.05, 0.1) is 33.9 Å². The maximum atomic E-state index is 12.7. The highest BCUT2D eigenvalue weighted by Crippen LogP contribution is 2.28. The normalized spacial score (nSPS) is 12.3. The van der Waals surface area contributed by atoms with Crippen LogP contribution in [-0.2, 0) is 23.0 Å². The number of nitrogens with zero attached hydrogens (tertiary/aromatic N) is 2. The Bertz CT molecular complexity index is 1040. The molecule has 0 spiro atoms. The molecule has 136 valence electrons. The van der Waals surface area contributed by atoms with E-state index in [1.807, 2.05) is 12.1 Å². The van der Waals surface area contributed by atoms with Crippen molar-refractivity contribution in [2.24, 2.45) is 12.8 Å². The van der Waals surface area contributed by atoms with Gasteiger partial charge in [-0.25, -0.2) is 4.79 Å². The van der Waals surface area contributed by atoms with Gasteiger partial charge in [-0.2, -0.15) is 0 Å². The maximum absolute atomic E-state index is 12.7. The van der Waals surface area contributed by atoms with E-state index < -0.39 is 12.0 Å². The van der Waals surface area contributed by atoms with Crippen molar-refractivity contribution in [1.82, 2.24) is 9.13 Å². The number of hydrogen-bond acceptors (Lipinski definition) is 4. The molecule has 26 heavy (non-hydrogen) atoms. The van der Waals surface area contributed by atoms with E-state index >= 15 is 0 Å². The third kappa shape index (κ3) is 3.23. The molecule has 3 aromatic rings. The number of rotatable bonds is 4. The fraction of sp³-hybridized carbons (Fsp3) is 0.222. The lowest BCUT2D eigenvalue weighted by molar-refractivity contribution is -0.142. The summed E-state index contributed by atoms with van der Waals surface area (Å²) < 4.78 is 7.70. The van der Waals surface area contributed by atoms with E-state index in [4.69, 9.17) is 28.9 Å². The zero-order chi connectivity index (χ0) is 19.0. The molecule has 1 unspecified atom stereocenters. The average Bonchev–Trinajstić information content (AvgIpc) is 2.86. The second-order valence-corrected chi connectivity index (χ2v) is 6.75. The molecule has 0 aliphatic heterocycles. The monoisotopic (exact) mass is 393 g/mol. The molecule has 6 nitrogen and oxygen atoms in total. The highest BCUT2D eigenvalue weighted by molar-refractivity contribution is 6.42. The highest BCUT2D eigenvalue weighted by Gasteiger charge is 2.16. The van der Waals surface area contributed by atoms with Gasteiger partial charge in [-0.1, -0.05) is 35.3 Å². The van der Waals surface area contributed by atoms with Crippen molar-refractivity contribution in [3.8, 4) is 5.69 Å². The molecule has 3 rings (SSSR count). The topological polar surface area (TPSA) is 79.2 Å². The molecule has 0 aliphatic carbocycles. The number of carbonyl (C=O) groups excluding carboxylic acids is 1. The van der Waals surface area contributed by atoms with Crippen molar-refractivity contribution in [3.63, 3.8) is 0 Å². The number of esters is 1. The molecule has 0 radical (unpaired) electrons. The molecule has 0 saturated carbocycles. The number of methoxy groups -OCH3 is 1. The van der Waals surface area contributed by atoms with Crippen molar-refractivity contribution in [3.05, 3.63) is 62.5 Å². The van der Waals surface area contributed by atoms with Crippen LogP contribution in [0.1, 0.15) is 5.56 Å².